The fourth-order valence-corrected chi connectivity index (χ4v) is 2.42. The van der Waals surface area contributed by atoms with Crippen LogP contribution in [0.25, 0.3) is 0 Å². The van der Waals surface area contributed by atoms with Gasteiger partial charge in [0.15, 0.2) is 0 Å². The summed E-state index contributed by atoms with van der Waals surface area (Å²) in [5, 5.41) is 0.659. The van der Waals surface area contributed by atoms with Crippen molar-refractivity contribution in [3.63, 3.8) is 0 Å². The highest BCUT2D eigenvalue weighted by Crippen LogP contribution is 2.35. The van der Waals surface area contributed by atoms with Crippen LogP contribution in [-0.4, -0.2) is 17.6 Å². The van der Waals surface area contributed by atoms with Crippen molar-refractivity contribution in [3.05, 3.63) is 40.9 Å². The zero-order chi connectivity index (χ0) is 14.2. The van der Waals surface area contributed by atoms with Gasteiger partial charge in [-0.2, -0.15) is 0 Å². The van der Waals surface area contributed by atoms with Gasteiger partial charge in [-0.3, -0.25) is 4.79 Å². The second kappa shape index (κ2) is 4.87. The Morgan fingerprint density at radius 1 is 1.32 bits per heavy atom. The quantitative estimate of drug-likeness (QED) is 0.797. The lowest BCUT2D eigenvalue weighted by Gasteiger charge is -2.18. The number of cyclic esters (lactones) is 1. The molecule has 1 unspecified atom stereocenters. The van der Waals surface area contributed by atoms with Crippen LogP contribution in [-0.2, 0) is 9.53 Å². The maximum absolute atomic E-state index is 12.3. The molecule has 1 atom stereocenters. The van der Waals surface area contributed by atoms with E-state index in [4.69, 9.17) is 27.9 Å². The molecule has 0 spiro atoms. The van der Waals surface area contributed by atoms with Crippen molar-refractivity contribution in [1.29, 1.82) is 0 Å². The van der Waals surface area contributed by atoms with Crippen LogP contribution in [0.1, 0.15) is 13.3 Å². The van der Waals surface area contributed by atoms with Gasteiger partial charge in [0.25, 0.3) is 5.91 Å². The maximum Gasteiger partial charge on any atom is 0.422 e. The maximum atomic E-state index is 12.3. The monoisotopic (exact) mass is 299 g/mol. The summed E-state index contributed by atoms with van der Waals surface area (Å²) in [5.74, 6) is -0.492. The van der Waals surface area contributed by atoms with Gasteiger partial charge in [0.2, 0.25) is 5.60 Å². The Labute approximate surface area is 120 Å². The highest BCUT2D eigenvalue weighted by atomic mass is 35.5. The van der Waals surface area contributed by atoms with E-state index < -0.39 is 17.6 Å². The molecule has 1 aliphatic rings. The van der Waals surface area contributed by atoms with Crippen LogP contribution in [0.3, 0.4) is 0 Å². The minimum Gasteiger partial charge on any atom is -0.428 e. The van der Waals surface area contributed by atoms with Gasteiger partial charge in [0.1, 0.15) is 0 Å². The molecule has 6 heteroatoms. The average molecular weight is 300 g/mol. The fourth-order valence-electron chi connectivity index (χ4n) is 1.91. The standard InChI is InChI=1S/C13H11Cl2NO3/c1-3-13(4-2)11(17)16(12(18)19-13)10-6-8(14)5-9(15)7-10/h3,5-7H,1,4H2,2H3. The minimum atomic E-state index is -1.31. The van der Waals surface area contributed by atoms with E-state index in [2.05, 4.69) is 6.58 Å². The molecule has 1 aromatic carbocycles. The first kappa shape index (κ1) is 13.9. The normalized spacial score (nSPS) is 22.6. The molecule has 4 nitrogen and oxygen atoms in total. The van der Waals surface area contributed by atoms with Crippen molar-refractivity contribution in [3.8, 4) is 0 Å². The summed E-state index contributed by atoms with van der Waals surface area (Å²) >= 11 is 11.7. The number of anilines is 1. The summed E-state index contributed by atoms with van der Waals surface area (Å²) in [6.07, 6.45) is 0.885. The number of imide groups is 1. The number of rotatable bonds is 3. The van der Waals surface area contributed by atoms with E-state index >= 15 is 0 Å². The molecule has 1 aromatic rings. The first-order valence-corrected chi connectivity index (χ1v) is 6.36. The van der Waals surface area contributed by atoms with Gasteiger partial charge >= 0.3 is 6.09 Å². The number of nitrogens with zero attached hydrogens (tertiary/aromatic N) is 1. The van der Waals surface area contributed by atoms with Gasteiger partial charge in [-0.05, 0) is 30.7 Å². The number of benzene rings is 1. The smallest absolute Gasteiger partial charge is 0.422 e. The molecular formula is C13H11Cl2NO3. The first-order valence-electron chi connectivity index (χ1n) is 5.60. The Kier molecular flexibility index (Phi) is 3.56. The van der Waals surface area contributed by atoms with E-state index in [0.717, 1.165) is 4.90 Å². The molecular weight excluding hydrogens is 289 g/mol. The molecule has 1 aliphatic heterocycles. The molecule has 2 amide bonds. The molecule has 0 bridgehead atoms. The predicted molar refractivity (Wildman–Crippen MR) is 73.6 cm³/mol. The Hall–Kier alpha value is -1.52. The van der Waals surface area contributed by atoms with Gasteiger partial charge in [-0.15, -0.1) is 0 Å². The van der Waals surface area contributed by atoms with E-state index in [-0.39, 0.29) is 5.69 Å². The van der Waals surface area contributed by atoms with E-state index in [1.54, 1.807) is 6.92 Å². The van der Waals surface area contributed by atoms with Crippen molar-refractivity contribution in [2.24, 2.45) is 0 Å². The zero-order valence-electron chi connectivity index (χ0n) is 10.2. The second-order valence-corrected chi connectivity index (χ2v) is 4.96. The number of hydrogen-bond donors (Lipinski definition) is 0. The largest absolute Gasteiger partial charge is 0.428 e. The molecule has 1 heterocycles. The molecule has 19 heavy (non-hydrogen) atoms. The summed E-state index contributed by atoms with van der Waals surface area (Å²) in [6, 6.07) is 4.46. The van der Waals surface area contributed by atoms with Gasteiger partial charge < -0.3 is 4.74 Å². The molecule has 1 saturated heterocycles. The van der Waals surface area contributed by atoms with E-state index in [9.17, 15) is 9.59 Å². The lowest BCUT2D eigenvalue weighted by Crippen LogP contribution is -2.38. The average Bonchev–Trinajstić information content (AvgIpc) is 2.60. The van der Waals surface area contributed by atoms with Crippen molar-refractivity contribution in [1.82, 2.24) is 0 Å². The number of hydrogen-bond acceptors (Lipinski definition) is 3. The molecule has 0 aromatic heterocycles. The summed E-state index contributed by atoms with van der Waals surface area (Å²) in [5.41, 5.74) is -1.03. The van der Waals surface area contributed by atoms with Gasteiger partial charge in [0.05, 0.1) is 5.69 Å². The SMILES string of the molecule is C=CC1(CC)OC(=O)N(c2cc(Cl)cc(Cl)c2)C1=O. The molecule has 1 fully saturated rings. The number of ether oxygens (including phenoxy) is 1. The topological polar surface area (TPSA) is 46.6 Å². The number of halogens is 2. The molecule has 0 aliphatic carbocycles. The number of carbonyl (C=O) groups excluding carboxylic acids is 2. The first-order chi connectivity index (χ1) is 8.93. The van der Waals surface area contributed by atoms with Gasteiger partial charge in [-0.1, -0.05) is 36.7 Å². The highest BCUT2D eigenvalue weighted by Gasteiger charge is 2.51. The van der Waals surface area contributed by atoms with Crippen LogP contribution < -0.4 is 4.90 Å². The molecule has 0 N–H and O–H groups in total. The second-order valence-electron chi connectivity index (χ2n) is 4.08. The van der Waals surface area contributed by atoms with Gasteiger partial charge in [-0.25, -0.2) is 9.69 Å². The van der Waals surface area contributed by atoms with Crippen LogP contribution in [0.2, 0.25) is 10.0 Å². The Morgan fingerprint density at radius 3 is 2.32 bits per heavy atom. The Bertz CT molecular complexity index is 553. The molecule has 100 valence electrons. The Balaban J connectivity index is 2.48. The highest BCUT2D eigenvalue weighted by molar-refractivity contribution is 6.35. The van der Waals surface area contributed by atoms with Crippen molar-refractivity contribution < 1.29 is 14.3 Å². The van der Waals surface area contributed by atoms with E-state index in [0.29, 0.717) is 16.5 Å². The zero-order valence-corrected chi connectivity index (χ0v) is 11.7. The van der Waals surface area contributed by atoms with Gasteiger partial charge in [0, 0.05) is 10.0 Å². The third-order valence-electron chi connectivity index (χ3n) is 2.98. The van der Waals surface area contributed by atoms with Crippen LogP contribution in [0.15, 0.2) is 30.9 Å². The van der Waals surface area contributed by atoms with Crippen LogP contribution in [0, 0.1) is 0 Å². The van der Waals surface area contributed by atoms with E-state index in [1.165, 1.54) is 24.3 Å². The van der Waals surface area contributed by atoms with Crippen molar-refractivity contribution in [2.45, 2.75) is 18.9 Å². The molecule has 2 rings (SSSR count). The molecule has 0 radical (unpaired) electrons. The van der Waals surface area contributed by atoms with Crippen LogP contribution in [0.5, 0.6) is 0 Å². The summed E-state index contributed by atoms with van der Waals surface area (Å²) in [7, 11) is 0. The Morgan fingerprint density at radius 2 is 1.89 bits per heavy atom. The van der Waals surface area contributed by atoms with E-state index in [1.807, 2.05) is 0 Å². The third-order valence-corrected chi connectivity index (χ3v) is 3.41. The summed E-state index contributed by atoms with van der Waals surface area (Å²) < 4.78 is 5.14. The number of amides is 2. The number of carbonyl (C=O) groups is 2. The van der Waals surface area contributed by atoms with Crippen LogP contribution >= 0.6 is 23.2 Å². The summed E-state index contributed by atoms with van der Waals surface area (Å²) in [6.45, 7) is 5.29. The lowest BCUT2D eigenvalue weighted by molar-refractivity contribution is -0.126. The summed E-state index contributed by atoms with van der Waals surface area (Å²) in [4.78, 5) is 25.2. The third kappa shape index (κ3) is 2.22. The van der Waals surface area contributed by atoms with Crippen molar-refractivity contribution in [2.75, 3.05) is 4.90 Å². The lowest BCUT2D eigenvalue weighted by atomic mass is 10.00. The molecule has 0 saturated carbocycles. The van der Waals surface area contributed by atoms with Crippen LogP contribution in [0.4, 0.5) is 10.5 Å². The fraction of sp³-hybridized carbons (Fsp3) is 0.231. The predicted octanol–water partition coefficient (Wildman–Crippen LogP) is 3.81. The minimum absolute atomic E-state index is 0.282. The van der Waals surface area contributed by atoms with Crippen molar-refractivity contribution >= 4 is 40.9 Å².